The average Bonchev–Trinajstić information content (AvgIpc) is 2.85. The van der Waals surface area contributed by atoms with Gasteiger partial charge in [0.25, 0.3) is 0 Å². The summed E-state index contributed by atoms with van der Waals surface area (Å²) in [6, 6.07) is 7.95. The highest BCUT2D eigenvalue weighted by Gasteiger charge is 2.22. The maximum Gasteiger partial charge on any atom is 0.242 e. The Kier molecular flexibility index (Phi) is 4.53. The normalized spacial score (nSPS) is 13.4. The quantitative estimate of drug-likeness (QED) is 0.914. The summed E-state index contributed by atoms with van der Waals surface area (Å²) >= 11 is 13.3. The van der Waals surface area contributed by atoms with Crippen molar-refractivity contribution >= 4 is 44.6 Å². The maximum atomic E-state index is 12.3. The number of thiophene rings is 1. The van der Waals surface area contributed by atoms with E-state index in [2.05, 4.69) is 4.72 Å². The van der Waals surface area contributed by atoms with Crippen LogP contribution in [-0.2, 0) is 10.0 Å². The fourth-order valence-corrected chi connectivity index (χ4v) is 4.38. The van der Waals surface area contributed by atoms with Gasteiger partial charge in [0.05, 0.1) is 16.1 Å². The van der Waals surface area contributed by atoms with E-state index in [4.69, 9.17) is 23.2 Å². The number of hydrogen-bond donors (Lipinski definition) is 1. The van der Waals surface area contributed by atoms with Crippen LogP contribution in [0.15, 0.2) is 40.6 Å². The third-order valence-electron chi connectivity index (χ3n) is 2.51. The van der Waals surface area contributed by atoms with Crippen LogP contribution in [0.2, 0.25) is 10.0 Å². The van der Waals surface area contributed by atoms with Gasteiger partial charge < -0.3 is 0 Å². The predicted octanol–water partition coefficient (Wildman–Crippen LogP) is 4.09. The Balaban J connectivity index is 2.31. The smallest absolute Gasteiger partial charge is 0.207 e. The second-order valence-electron chi connectivity index (χ2n) is 3.91. The van der Waals surface area contributed by atoms with Crippen LogP contribution in [0, 0.1) is 0 Å². The van der Waals surface area contributed by atoms with Crippen LogP contribution in [0.1, 0.15) is 17.8 Å². The first-order chi connectivity index (χ1) is 8.92. The monoisotopic (exact) mass is 335 g/mol. The molecule has 1 aromatic heterocycles. The average molecular weight is 336 g/mol. The highest BCUT2D eigenvalue weighted by molar-refractivity contribution is 7.89. The summed E-state index contributed by atoms with van der Waals surface area (Å²) < 4.78 is 27.1. The van der Waals surface area contributed by atoms with Crippen LogP contribution in [0.5, 0.6) is 0 Å². The van der Waals surface area contributed by atoms with E-state index in [1.807, 2.05) is 17.5 Å². The Morgan fingerprint density at radius 1 is 1.21 bits per heavy atom. The summed E-state index contributed by atoms with van der Waals surface area (Å²) in [5.74, 6) is 0. The van der Waals surface area contributed by atoms with Gasteiger partial charge in [-0.05, 0) is 30.5 Å². The highest BCUT2D eigenvalue weighted by atomic mass is 35.5. The van der Waals surface area contributed by atoms with Gasteiger partial charge in [0.1, 0.15) is 4.90 Å². The van der Waals surface area contributed by atoms with Crippen molar-refractivity contribution in [1.29, 1.82) is 0 Å². The van der Waals surface area contributed by atoms with Crippen LogP contribution >= 0.6 is 34.5 Å². The summed E-state index contributed by atoms with van der Waals surface area (Å²) in [7, 11) is -3.70. The summed E-state index contributed by atoms with van der Waals surface area (Å²) in [4.78, 5) is 0.923. The molecule has 0 spiro atoms. The molecule has 0 radical (unpaired) electrons. The molecule has 19 heavy (non-hydrogen) atoms. The molecule has 3 nitrogen and oxygen atoms in total. The number of hydrogen-bond acceptors (Lipinski definition) is 3. The molecule has 0 saturated carbocycles. The molecular weight excluding hydrogens is 325 g/mol. The fraction of sp³-hybridized carbons (Fsp3) is 0.167. The largest absolute Gasteiger partial charge is 0.242 e. The van der Waals surface area contributed by atoms with Crippen LogP contribution in [-0.4, -0.2) is 8.42 Å². The molecule has 0 aliphatic carbocycles. The highest BCUT2D eigenvalue weighted by Crippen LogP contribution is 2.30. The minimum atomic E-state index is -3.70. The summed E-state index contributed by atoms with van der Waals surface area (Å²) in [5.41, 5.74) is 0. The van der Waals surface area contributed by atoms with Crippen LogP contribution in [0.3, 0.4) is 0 Å². The standard InChI is InChI=1S/C12H11Cl2NO2S2/c1-8(10-5-3-7-18-10)15-19(16,17)11-6-2-4-9(13)12(11)14/h2-8,15H,1H3/t8-/m1/s1. The molecule has 1 aromatic carbocycles. The topological polar surface area (TPSA) is 46.2 Å². The van der Waals surface area contributed by atoms with Gasteiger partial charge in [-0.3, -0.25) is 0 Å². The van der Waals surface area contributed by atoms with Gasteiger partial charge in [-0.2, -0.15) is 0 Å². The molecule has 0 amide bonds. The third kappa shape index (κ3) is 3.30. The zero-order valence-electron chi connectivity index (χ0n) is 9.93. The van der Waals surface area contributed by atoms with Crippen molar-refractivity contribution in [1.82, 2.24) is 4.72 Å². The Labute approximate surface area is 126 Å². The zero-order valence-corrected chi connectivity index (χ0v) is 13.1. The Morgan fingerprint density at radius 3 is 2.58 bits per heavy atom. The predicted molar refractivity (Wildman–Crippen MR) is 79.5 cm³/mol. The molecule has 0 bridgehead atoms. The van der Waals surface area contributed by atoms with E-state index in [1.165, 1.54) is 17.4 Å². The molecule has 0 aliphatic rings. The molecule has 0 saturated heterocycles. The van der Waals surface area contributed by atoms with Crippen LogP contribution < -0.4 is 4.72 Å². The van der Waals surface area contributed by atoms with Gasteiger partial charge in [0.2, 0.25) is 10.0 Å². The third-order valence-corrected chi connectivity index (χ3v) is 6.08. The molecule has 1 atom stereocenters. The zero-order chi connectivity index (χ0) is 14.0. The van der Waals surface area contributed by atoms with Gasteiger partial charge in [0, 0.05) is 4.88 Å². The van der Waals surface area contributed by atoms with Crippen molar-refractivity contribution in [3.63, 3.8) is 0 Å². The van der Waals surface area contributed by atoms with Crippen molar-refractivity contribution in [3.05, 3.63) is 50.6 Å². The van der Waals surface area contributed by atoms with Gasteiger partial charge in [0.15, 0.2) is 0 Å². The van der Waals surface area contributed by atoms with Gasteiger partial charge >= 0.3 is 0 Å². The lowest BCUT2D eigenvalue weighted by Crippen LogP contribution is -2.26. The minimum Gasteiger partial charge on any atom is -0.207 e. The molecular formula is C12H11Cl2NO2S2. The van der Waals surface area contributed by atoms with Crippen molar-refractivity contribution in [3.8, 4) is 0 Å². The van der Waals surface area contributed by atoms with Gasteiger partial charge in [-0.25, -0.2) is 13.1 Å². The molecule has 1 N–H and O–H groups in total. The maximum absolute atomic E-state index is 12.3. The van der Waals surface area contributed by atoms with Gasteiger partial charge in [-0.15, -0.1) is 11.3 Å². The fourth-order valence-electron chi connectivity index (χ4n) is 1.58. The van der Waals surface area contributed by atoms with E-state index in [1.54, 1.807) is 19.1 Å². The number of benzene rings is 1. The first-order valence-electron chi connectivity index (χ1n) is 5.41. The first-order valence-corrected chi connectivity index (χ1v) is 8.53. The van der Waals surface area contributed by atoms with E-state index < -0.39 is 10.0 Å². The van der Waals surface area contributed by atoms with E-state index in [0.29, 0.717) is 0 Å². The van der Waals surface area contributed by atoms with Gasteiger partial charge in [-0.1, -0.05) is 35.3 Å². The molecule has 0 unspecified atom stereocenters. The van der Waals surface area contributed by atoms with Crippen molar-refractivity contribution in [2.24, 2.45) is 0 Å². The summed E-state index contributed by atoms with van der Waals surface area (Å²) in [5, 5.41) is 2.15. The number of nitrogens with one attached hydrogen (secondary N) is 1. The van der Waals surface area contributed by atoms with Crippen molar-refractivity contribution < 1.29 is 8.42 Å². The molecule has 7 heteroatoms. The molecule has 2 aromatic rings. The SMILES string of the molecule is C[C@@H](NS(=O)(=O)c1cccc(Cl)c1Cl)c1cccs1. The molecule has 0 aliphatic heterocycles. The number of rotatable bonds is 4. The van der Waals surface area contributed by atoms with E-state index in [0.717, 1.165) is 4.88 Å². The van der Waals surface area contributed by atoms with E-state index in [9.17, 15) is 8.42 Å². The Hall–Kier alpha value is -0.590. The van der Waals surface area contributed by atoms with Crippen molar-refractivity contribution in [2.75, 3.05) is 0 Å². The molecule has 1 heterocycles. The Bertz CT molecular complexity index is 669. The second kappa shape index (κ2) is 5.81. The van der Waals surface area contributed by atoms with Crippen molar-refractivity contribution in [2.45, 2.75) is 17.9 Å². The van der Waals surface area contributed by atoms with Crippen LogP contribution in [0.25, 0.3) is 0 Å². The number of halogens is 2. The second-order valence-corrected chi connectivity index (χ2v) is 7.36. The molecule has 102 valence electrons. The summed E-state index contributed by atoms with van der Waals surface area (Å²) in [6.45, 7) is 1.78. The van der Waals surface area contributed by atoms with Crippen LogP contribution in [0.4, 0.5) is 0 Å². The number of sulfonamides is 1. The minimum absolute atomic E-state index is 0.00919. The van der Waals surface area contributed by atoms with E-state index in [-0.39, 0.29) is 21.0 Å². The Morgan fingerprint density at radius 2 is 1.95 bits per heavy atom. The lowest BCUT2D eigenvalue weighted by atomic mass is 10.3. The summed E-state index contributed by atoms with van der Waals surface area (Å²) in [6.07, 6.45) is 0. The lowest BCUT2D eigenvalue weighted by Gasteiger charge is -2.14. The first kappa shape index (κ1) is 14.8. The molecule has 0 fully saturated rings. The van der Waals surface area contributed by atoms with E-state index >= 15 is 0 Å². The lowest BCUT2D eigenvalue weighted by molar-refractivity contribution is 0.568. The molecule has 2 rings (SSSR count).